The third-order valence-electron chi connectivity index (χ3n) is 4.09. The molecule has 2 aromatic rings. The molecule has 0 aliphatic heterocycles. The molecule has 0 unspecified atom stereocenters. The molecule has 0 bridgehead atoms. The van der Waals surface area contributed by atoms with Crippen LogP contribution in [0.5, 0.6) is 0 Å². The summed E-state index contributed by atoms with van der Waals surface area (Å²) in [6, 6.07) is 9.44. The largest absolute Gasteiger partial charge is 0.478 e. The number of carboxylic acid groups (broad SMARTS) is 2. The summed E-state index contributed by atoms with van der Waals surface area (Å²) in [6.07, 6.45) is 3.06. The van der Waals surface area contributed by atoms with Gasteiger partial charge in [0.15, 0.2) is 0 Å². The fourth-order valence-electron chi connectivity index (χ4n) is 2.87. The Hall–Kier alpha value is -4.07. The highest BCUT2D eigenvalue weighted by Gasteiger charge is 2.12. The molecule has 0 aliphatic carbocycles. The molecule has 0 aromatic heterocycles. The lowest BCUT2D eigenvalue weighted by Crippen LogP contribution is -2.25. The van der Waals surface area contributed by atoms with Crippen molar-refractivity contribution in [2.75, 3.05) is 10.6 Å². The molecule has 0 radical (unpaired) electrons. The van der Waals surface area contributed by atoms with Crippen LogP contribution in [-0.4, -0.2) is 34.1 Å². The van der Waals surface area contributed by atoms with E-state index in [2.05, 4.69) is 22.5 Å². The highest BCUT2D eigenvalue weighted by molar-refractivity contribution is 5.98. The monoisotopic (exact) mass is 423 g/mol. The number of nitrogens with one attached hydrogen (secondary N) is 3. The SMILES string of the molecule is C=C(Nc1ccc(/C=C/c2ccc(NC(C)=O)cc2C(=O)O)c(C(=O)O)c1)NC(C)C. The normalized spacial score (nSPS) is 10.7. The third-order valence-corrected chi connectivity index (χ3v) is 4.09. The average molecular weight is 423 g/mol. The van der Waals surface area contributed by atoms with Crippen molar-refractivity contribution < 1.29 is 24.6 Å². The first kappa shape index (κ1) is 23.2. The molecule has 5 N–H and O–H groups in total. The van der Waals surface area contributed by atoms with Gasteiger partial charge in [0.2, 0.25) is 5.91 Å². The maximum absolute atomic E-state index is 11.7. The summed E-state index contributed by atoms with van der Waals surface area (Å²) in [7, 11) is 0. The zero-order valence-corrected chi connectivity index (χ0v) is 17.5. The number of aromatic carboxylic acids is 2. The maximum atomic E-state index is 11.7. The van der Waals surface area contributed by atoms with Crippen molar-refractivity contribution >= 4 is 41.4 Å². The van der Waals surface area contributed by atoms with Crippen LogP contribution in [0, 0.1) is 0 Å². The number of benzene rings is 2. The van der Waals surface area contributed by atoms with Crippen molar-refractivity contribution in [2.24, 2.45) is 0 Å². The molecule has 162 valence electrons. The smallest absolute Gasteiger partial charge is 0.336 e. The molecule has 0 heterocycles. The minimum absolute atomic E-state index is 0.0197. The zero-order valence-electron chi connectivity index (χ0n) is 17.5. The van der Waals surface area contributed by atoms with Gasteiger partial charge in [0, 0.05) is 24.3 Å². The number of carbonyl (C=O) groups is 3. The number of rotatable bonds is 9. The van der Waals surface area contributed by atoms with Gasteiger partial charge in [-0.2, -0.15) is 0 Å². The van der Waals surface area contributed by atoms with Gasteiger partial charge in [-0.05, 0) is 49.2 Å². The number of hydrogen-bond acceptors (Lipinski definition) is 5. The van der Waals surface area contributed by atoms with Gasteiger partial charge >= 0.3 is 11.9 Å². The van der Waals surface area contributed by atoms with Gasteiger partial charge in [0.25, 0.3) is 0 Å². The molecule has 2 rings (SSSR count). The summed E-state index contributed by atoms with van der Waals surface area (Å²) >= 11 is 0. The van der Waals surface area contributed by atoms with E-state index in [-0.39, 0.29) is 23.1 Å². The van der Waals surface area contributed by atoms with E-state index < -0.39 is 11.9 Å². The molecule has 0 fully saturated rings. The second-order valence-electron chi connectivity index (χ2n) is 7.13. The van der Waals surface area contributed by atoms with Crippen LogP contribution in [0.15, 0.2) is 48.8 Å². The van der Waals surface area contributed by atoms with E-state index in [4.69, 9.17) is 0 Å². The van der Waals surface area contributed by atoms with E-state index >= 15 is 0 Å². The molecular formula is C23H25N3O5. The van der Waals surface area contributed by atoms with Crippen LogP contribution in [0.2, 0.25) is 0 Å². The summed E-state index contributed by atoms with van der Waals surface area (Å²) in [6.45, 7) is 9.09. The molecule has 2 aromatic carbocycles. The van der Waals surface area contributed by atoms with Crippen molar-refractivity contribution in [1.82, 2.24) is 5.32 Å². The molecule has 0 aliphatic rings. The fraction of sp³-hybridized carbons (Fsp3) is 0.174. The van der Waals surface area contributed by atoms with Gasteiger partial charge in [-0.3, -0.25) is 4.79 Å². The Balaban J connectivity index is 2.35. The van der Waals surface area contributed by atoms with Gasteiger partial charge < -0.3 is 26.2 Å². The van der Waals surface area contributed by atoms with Crippen LogP contribution < -0.4 is 16.0 Å². The number of carbonyl (C=O) groups excluding carboxylic acids is 1. The predicted molar refractivity (Wildman–Crippen MR) is 121 cm³/mol. The van der Waals surface area contributed by atoms with Crippen molar-refractivity contribution in [3.8, 4) is 0 Å². The van der Waals surface area contributed by atoms with E-state index in [0.29, 0.717) is 28.3 Å². The third kappa shape index (κ3) is 6.74. The van der Waals surface area contributed by atoms with E-state index in [0.717, 1.165) is 0 Å². The van der Waals surface area contributed by atoms with Gasteiger partial charge in [-0.1, -0.05) is 30.9 Å². The van der Waals surface area contributed by atoms with Crippen molar-refractivity contribution in [2.45, 2.75) is 26.8 Å². The van der Waals surface area contributed by atoms with Gasteiger partial charge in [-0.15, -0.1) is 0 Å². The highest BCUT2D eigenvalue weighted by Crippen LogP contribution is 2.22. The van der Waals surface area contributed by atoms with E-state index in [1.165, 1.54) is 31.2 Å². The number of carboxylic acids is 2. The number of amides is 1. The summed E-state index contributed by atoms with van der Waals surface area (Å²) < 4.78 is 0. The van der Waals surface area contributed by atoms with E-state index in [1.807, 2.05) is 13.8 Å². The van der Waals surface area contributed by atoms with Gasteiger partial charge in [0.1, 0.15) is 0 Å². The summed E-state index contributed by atoms with van der Waals surface area (Å²) in [5, 5.41) is 27.7. The lowest BCUT2D eigenvalue weighted by atomic mass is 10.0. The second kappa shape index (κ2) is 10.1. The molecule has 0 saturated carbocycles. The topological polar surface area (TPSA) is 128 Å². The Morgan fingerprint density at radius 2 is 1.32 bits per heavy atom. The van der Waals surface area contributed by atoms with Gasteiger partial charge in [-0.25, -0.2) is 9.59 Å². The fourth-order valence-corrected chi connectivity index (χ4v) is 2.87. The summed E-state index contributed by atoms with van der Waals surface area (Å²) in [5.74, 6) is -2.06. The maximum Gasteiger partial charge on any atom is 0.336 e. The molecule has 1 amide bonds. The number of hydrogen-bond donors (Lipinski definition) is 5. The van der Waals surface area contributed by atoms with Crippen LogP contribution in [0.25, 0.3) is 12.2 Å². The van der Waals surface area contributed by atoms with Crippen LogP contribution in [0.1, 0.15) is 52.6 Å². The van der Waals surface area contributed by atoms with E-state index in [9.17, 15) is 24.6 Å². The second-order valence-corrected chi connectivity index (χ2v) is 7.13. The lowest BCUT2D eigenvalue weighted by Gasteiger charge is -2.15. The predicted octanol–water partition coefficient (Wildman–Crippen LogP) is 4.09. The minimum atomic E-state index is -1.17. The summed E-state index contributed by atoms with van der Waals surface area (Å²) in [5.41, 5.74) is 1.72. The molecule has 8 nitrogen and oxygen atoms in total. The zero-order chi connectivity index (χ0) is 23.1. The quantitative estimate of drug-likeness (QED) is 0.384. The Morgan fingerprint density at radius 1 is 0.871 bits per heavy atom. The first-order valence-electron chi connectivity index (χ1n) is 9.49. The molecule has 31 heavy (non-hydrogen) atoms. The highest BCUT2D eigenvalue weighted by atomic mass is 16.4. The Morgan fingerprint density at radius 3 is 1.71 bits per heavy atom. The molecule has 0 saturated heterocycles. The molecule has 0 atom stereocenters. The molecular weight excluding hydrogens is 398 g/mol. The lowest BCUT2D eigenvalue weighted by molar-refractivity contribution is -0.114. The van der Waals surface area contributed by atoms with E-state index in [1.54, 1.807) is 24.3 Å². The van der Waals surface area contributed by atoms with Crippen LogP contribution in [0.3, 0.4) is 0 Å². The van der Waals surface area contributed by atoms with Crippen LogP contribution in [-0.2, 0) is 4.79 Å². The van der Waals surface area contributed by atoms with Crippen LogP contribution in [0.4, 0.5) is 11.4 Å². The average Bonchev–Trinajstić information content (AvgIpc) is 2.66. The molecule has 0 spiro atoms. The first-order chi connectivity index (χ1) is 14.6. The Labute approximate surface area is 180 Å². The Bertz CT molecular complexity index is 1060. The summed E-state index contributed by atoms with van der Waals surface area (Å²) in [4.78, 5) is 34.5. The minimum Gasteiger partial charge on any atom is -0.478 e. The van der Waals surface area contributed by atoms with Crippen molar-refractivity contribution in [3.63, 3.8) is 0 Å². The number of anilines is 2. The van der Waals surface area contributed by atoms with Gasteiger partial charge in [0.05, 0.1) is 16.9 Å². The first-order valence-corrected chi connectivity index (χ1v) is 9.49. The molecule has 8 heteroatoms. The van der Waals surface area contributed by atoms with Crippen molar-refractivity contribution in [1.29, 1.82) is 0 Å². The van der Waals surface area contributed by atoms with Crippen molar-refractivity contribution in [3.05, 3.63) is 71.1 Å². The van der Waals surface area contributed by atoms with Crippen LogP contribution >= 0.6 is 0 Å². The standard InChI is InChI=1S/C23H25N3O5/c1-13(2)24-14(3)25-18-9-7-16(20(11-18)22(28)29)5-6-17-8-10-19(26-15(4)27)12-21(17)23(30)31/h5-13,24-25H,3H2,1-2,4H3,(H,26,27)(H,28,29)(H,30,31)/b6-5+. The Kier molecular flexibility index (Phi) is 7.57.